The van der Waals surface area contributed by atoms with Crippen molar-refractivity contribution in [3.05, 3.63) is 34.5 Å². The third kappa shape index (κ3) is 3.90. The molecule has 1 heterocycles. The molecule has 1 N–H and O–H groups in total. The summed E-state index contributed by atoms with van der Waals surface area (Å²) in [6, 6.07) is 5.39. The fourth-order valence-electron chi connectivity index (χ4n) is 2.51. The smallest absolute Gasteiger partial charge is 0.290 e. The van der Waals surface area contributed by atoms with Gasteiger partial charge in [-0.15, -0.1) is 0 Å². The Morgan fingerprint density at radius 2 is 1.96 bits per heavy atom. The maximum Gasteiger partial charge on any atom is 0.290 e. The molecule has 1 aromatic carbocycles. The molecule has 2 aromatic rings. The van der Waals surface area contributed by atoms with Gasteiger partial charge in [0.1, 0.15) is 0 Å². The van der Waals surface area contributed by atoms with Gasteiger partial charge in [-0.2, -0.15) is 0 Å². The van der Waals surface area contributed by atoms with Gasteiger partial charge >= 0.3 is 0 Å². The van der Waals surface area contributed by atoms with Crippen molar-refractivity contribution >= 4 is 34.4 Å². The van der Waals surface area contributed by atoms with Crippen molar-refractivity contribution in [2.45, 2.75) is 40.2 Å². The van der Waals surface area contributed by atoms with Gasteiger partial charge in [-0.3, -0.25) is 9.59 Å². The van der Waals surface area contributed by atoms with E-state index in [1.54, 1.807) is 6.07 Å². The van der Waals surface area contributed by atoms with Crippen LogP contribution in [0.5, 0.6) is 0 Å². The minimum atomic E-state index is -0.345. The first-order valence-electron chi connectivity index (χ1n) is 7.92. The average molecular weight is 351 g/mol. The maximum atomic E-state index is 12.8. The van der Waals surface area contributed by atoms with E-state index in [2.05, 4.69) is 5.32 Å². The highest BCUT2D eigenvalue weighted by molar-refractivity contribution is 6.35. The third-order valence-electron chi connectivity index (χ3n) is 3.63. The lowest BCUT2D eigenvalue weighted by Crippen LogP contribution is -2.47. The molecule has 0 atom stereocenters. The minimum Gasteiger partial charge on any atom is -0.449 e. The number of nitrogens with zero attached hydrogens (tertiary/aromatic N) is 1. The van der Waals surface area contributed by atoms with E-state index in [0.29, 0.717) is 17.2 Å². The number of benzene rings is 1. The lowest BCUT2D eigenvalue weighted by molar-refractivity contribution is -0.123. The van der Waals surface area contributed by atoms with Crippen LogP contribution in [0.3, 0.4) is 0 Å². The van der Waals surface area contributed by atoms with Crippen LogP contribution < -0.4 is 5.32 Å². The fraction of sp³-hybridized carbons (Fsp3) is 0.444. The van der Waals surface area contributed by atoms with E-state index < -0.39 is 0 Å². The molecule has 130 valence electrons. The summed E-state index contributed by atoms with van der Waals surface area (Å²) in [6.45, 7) is 9.72. The van der Waals surface area contributed by atoms with Gasteiger partial charge in [0.15, 0.2) is 11.3 Å². The number of furan rings is 1. The molecule has 0 spiro atoms. The zero-order valence-electron chi connectivity index (χ0n) is 14.7. The van der Waals surface area contributed by atoms with Crippen molar-refractivity contribution in [2.75, 3.05) is 13.1 Å². The monoisotopic (exact) mass is 350 g/mol. The van der Waals surface area contributed by atoms with Crippen molar-refractivity contribution < 1.29 is 14.0 Å². The number of halogens is 1. The van der Waals surface area contributed by atoms with Crippen molar-refractivity contribution in [2.24, 2.45) is 0 Å². The normalized spacial score (nSPS) is 11.6. The second kappa shape index (κ2) is 6.85. The zero-order chi connectivity index (χ0) is 18.1. The molecule has 6 heteroatoms. The standard InChI is InChI=1S/C18H23ClN2O3/c1-6-21(10-14(22)20-18(3,4)5)17(23)15-11(2)12-8-7-9-13(19)16(12)24-15/h7-9H,6,10H2,1-5H3,(H,20,22). The summed E-state index contributed by atoms with van der Waals surface area (Å²) in [6.07, 6.45) is 0. The quantitative estimate of drug-likeness (QED) is 0.912. The number of amides is 2. The summed E-state index contributed by atoms with van der Waals surface area (Å²) >= 11 is 6.13. The number of carbonyl (C=O) groups is 2. The Morgan fingerprint density at radius 3 is 2.50 bits per heavy atom. The number of para-hydroxylation sites is 1. The van der Waals surface area contributed by atoms with Crippen molar-refractivity contribution in [3.8, 4) is 0 Å². The van der Waals surface area contributed by atoms with E-state index in [4.69, 9.17) is 16.0 Å². The summed E-state index contributed by atoms with van der Waals surface area (Å²) < 4.78 is 5.70. The molecular weight excluding hydrogens is 328 g/mol. The molecule has 0 radical (unpaired) electrons. The first-order valence-corrected chi connectivity index (χ1v) is 8.29. The molecule has 1 aromatic heterocycles. The average Bonchev–Trinajstić information content (AvgIpc) is 2.81. The number of carbonyl (C=O) groups excluding carboxylic acids is 2. The minimum absolute atomic E-state index is 0.0170. The summed E-state index contributed by atoms with van der Waals surface area (Å²) in [5, 5.41) is 4.12. The van der Waals surface area contributed by atoms with Crippen LogP contribution in [-0.2, 0) is 4.79 Å². The Balaban J connectivity index is 2.27. The van der Waals surface area contributed by atoms with Gasteiger partial charge in [0.05, 0.1) is 11.6 Å². The molecule has 0 bridgehead atoms. The van der Waals surface area contributed by atoms with Gasteiger partial charge in [-0.25, -0.2) is 0 Å². The summed E-state index contributed by atoms with van der Waals surface area (Å²) in [4.78, 5) is 26.4. The molecule has 2 amide bonds. The van der Waals surface area contributed by atoms with E-state index in [1.807, 2.05) is 46.8 Å². The molecule has 0 saturated heterocycles. The van der Waals surface area contributed by atoms with Crippen LogP contribution in [0.2, 0.25) is 5.02 Å². The fourth-order valence-corrected chi connectivity index (χ4v) is 2.73. The summed E-state index contributed by atoms with van der Waals surface area (Å²) in [5.74, 6) is -0.292. The van der Waals surface area contributed by atoms with Gasteiger partial charge in [-0.05, 0) is 40.7 Å². The molecule has 24 heavy (non-hydrogen) atoms. The lowest BCUT2D eigenvalue weighted by atomic mass is 10.1. The predicted octanol–water partition coefficient (Wildman–Crippen LogP) is 3.77. The Morgan fingerprint density at radius 1 is 1.29 bits per heavy atom. The Bertz CT molecular complexity index is 774. The van der Waals surface area contributed by atoms with E-state index in [9.17, 15) is 9.59 Å². The van der Waals surface area contributed by atoms with Crippen LogP contribution >= 0.6 is 11.6 Å². The maximum absolute atomic E-state index is 12.8. The number of fused-ring (bicyclic) bond motifs is 1. The number of hydrogen-bond acceptors (Lipinski definition) is 3. The van der Waals surface area contributed by atoms with Crippen LogP contribution in [0.1, 0.15) is 43.8 Å². The molecule has 0 unspecified atom stereocenters. The van der Waals surface area contributed by atoms with E-state index in [1.165, 1.54) is 4.90 Å². The lowest BCUT2D eigenvalue weighted by Gasteiger charge is -2.24. The molecule has 0 aliphatic heterocycles. The molecule has 5 nitrogen and oxygen atoms in total. The van der Waals surface area contributed by atoms with Gasteiger partial charge in [0, 0.05) is 23.0 Å². The highest BCUT2D eigenvalue weighted by atomic mass is 35.5. The Labute approximate surface area is 146 Å². The number of nitrogens with one attached hydrogen (secondary N) is 1. The number of likely N-dealkylation sites (N-methyl/N-ethyl adjacent to an activating group) is 1. The van der Waals surface area contributed by atoms with Gasteiger partial charge in [0.25, 0.3) is 5.91 Å². The molecule has 0 saturated carbocycles. The molecular formula is C18H23ClN2O3. The Kier molecular flexibility index (Phi) is 5.23. The van der Waals surface area contributed by atoms with Crippen LogP contribution in [0, 0.1) is 6.92 Å². The van der Waals surface area contributed by atoms with Crippen molar-refractivity contribution in [3.63, 3.8) is 0 Å². The van der Waals surface area contributed by atoms with Gasteiger partial charge in [0.2, 0.25) is 5.91 Å². The summed E-state index contributed by atoms with van der Waals surface area (Å²) in [7, 11) is 0. The molecule has 0 fully saturated rings. The SMILES string of the molecule is CCN(CC(=O)NC(C)(C)C)C(=O)c1oc2c(Cl)cccc2c1C. The number of rotatable bonds is 4. The summed E-state index contributed by atoms with van der Waals surface area (Å²) in [5.41, 5.74) is 0.880. The van der Waals surface area contributed by atoms with Crippen LogP contribution in [0.4, 0.5) is 0 Å². The van der Waals surface area contributed by atoms with Gasteiger partial charge < -0.3 is 14.6 Å². The second-order valence-electron chi connectivity index (χ2n) is 6.79. The largest absolute Gasteiger partial charge is 0.449 e. The topological polar surface area (TPSA) is 62.6 Å². The zero-order valence-corrected chi connectivity index (χ0v) is 15.5. The number of hydrogen-bond donors (Lipinski definition) is 1. The highest BCUT2D eigenvalue weighted by Crippen LogP contribution is 2.31. The highest BCUT2D eigenvalue weighted by Gasteiger charge is 2.25. The molecule has 0 aliphatic carbocycles. The predicted molar refractivity (Wildman–Crippen MR) is 95.4 cm³/mol. The Hall–Kier alpha value is -2.01. The van der Waals surface area contributed by atoms with E-state index in [0.717, 1.165) is 10.9 Å². The van der Waals surface area contributed by atoms with E-state index in [-0.39, 0.29) is 29.7 Å². The first-order chi connectivity index (χ1) is 11.1. The van der Waals surface area contributed by atoms with Crippen molar-refractivity contribution in [1.82, 2.24) is 10.2 Å². The number of aryl methyl sites for hydroxylation is 1. The van der Waals surface area contributed by atoms with Crippen LogP contribution in [-0.4, -0.2) is 35.3 Å². The van der Waals surface area contributed by atoms with Gasteiger partial charge in [-0.1, -0.05) is 23.7 Å². The van der Waals surface area contributed by atoms with E-state index >= 15 is 0 Å². The second-order valence-corrected chi connectivity index (χ2v) is 7.20. The van der Waals surface area contributed by atoms with Crippen LogP contribution in [0.15, 0.2) is 22.6 Å². The van der Waals surface area contributed by atoms with Crippen molar-refractivity contribution in [1.29, 1.82) is 0 Å². The third-order valence-corrected chi connectivity index (χ3v) is 3.93. The first kappa shape index (κ1) is 18.3. The molecule has 0 aliphatic rings. The van der Waals surface area contributed by atoms with Crippen LogP contribution in [0.25, 0.3) is 11.0 Å². The molecule has 2 rings (SSSR count).